The number of carbonyl (C=O) groups excluding carboxylic acids is 3. The van der Waals surface area contributed by atoms with Crippen molar-refractivity contribution in [1.82, 2.24) is 10.2 Å². The molecule has 2 N–H and O–H groups in total. The minimum Gasteiger partial charge on any atom is -0.481 e. The highest BCUT2D eigenvalue weighted by molar-refractivity contribution is 5.67. The van der Waals surface area contributed by atoms with E-state index in [2.05, 4.69) is 5.32 Å². The number of allylic oxidation sites excluding steroid dienone is 2. The number of carbonyl (C=O) groups is 1. The van der Waals surface area contributed by atoms with Crippen molar-refractivity contribution in [3.05, 3.63) is 29.3 Å². The van der Waals surface area contributed by atoms with E-state index in [-0.39, 0.29) is 24.4 Å². The lowest BCUT2D eigenvalue weighted by molar-refractivity contribution is -0.137. The highest BCUT2D eigenvalue weighted by Crippen LogP contribution is 2.18. The fourth-order valence-corrected chi connectivity index (χ4v) is 1.30. The Balaban J connectivity index is 2.75. The molecule has 0 aromatic rings. The molecule has 0 aliphatic carbocycles. The van der Waals surface area contributed by atoms with Crippen LogP contribution >= 0.6 is 0 Å². The predicted molar refractivity (Wildman–Crippen MR) is 64.6 cm³/mol. The van der Waals surface area contributed by atoms with E-state index < -0.39 is 24.2 Å². The SMILES string of the molecule is O=C=C(CCC(=O)O)OCN1C=C(F)C(=C=O)NC1=C=O. The predicted octanol–water partition coefficient (Wildman–Crippen LogP) is -0.355. The highest BCUT2D eigenvalue weighted by atomic mass is 19.1. The lowest BCUT2D eigenvalue weighted by Gasteiger charge is -2.25. The highest BCUT2D eigenvalue weighted by Gasteiger charge is 2.22. The molecule has 1 rings (SSSR count). The summed E-state index contributed by atoms with van der Waals surface area (Å²) >= 11 is 0. The monoisotopic (exact) mass is 296 g/mol. The van der Waals surface area contributed by atoms with Gasteiger partial charge in [0.2, 0.25) is 5.82 Å². The standard InChI is InChI=1S/C12H9FN2O6/c13-9-3-15(11(6-18)14-10(9)5-17)7-21-8(4-16)1-2-12(19)20/h3,14H,1-2,7H2,(H,19,20). The van der Waals surface area contributed by atoms with Gasteiger partial charge in [-0.2, -0.15) is 0 Å². The molecule has 1 heterocycles. The van der Waals surface area contributed by atoms with E-state index >= 15 is 0 Å². The van der Waals surface area contributed by atoms with Crippen molar-refractivity contribution >= 4 is 23.8 Å². The molecule has 0 atom stereocenters. The Hall–Kier alpha value is -3.11. The third kappa shape index (κ3) is 4.49. The lowest BCUT2D eigenvalue weighted by atomic mass is 10.3. The topological polar surface area (TPSA) is 113 Å². The van der Waals surface area contributed by atoms with Crippen molar-refractivity contribution in [3.8, 4) is 0 Å². The van der Waals surface area contributed by atoms with Gasteiger partial charge in [0.25, 0.3) is 0 Å². The van der Waals surface area contributed by atoms with Crippen LogP contribution in [-0.4, -0.2) is 40.5 Å². The molecular formula is C12H9FN2O6. The molecule has 8 nitrogen and oxygen atoms in total. The van der Waals surface area contributed by atoms with Crippen LogP contribution in [0.25, 0.3) is 0 Å². The Morgan fingerprint density at radius 1 is 1.33 bits per heavy atom. The molecule has 21 heavy (non-hydrogen) atoms. The molecule has 110 valence electrons. The molecule has 0 saturated heterocycles. The quantitative estimate of drug-likeness (QED) is 0.505. The molecule has 0 saturated carbocycles. The van der Waals surface area contributed by atoms with Gasteiger partial charge >= 0.3 is 5.97 Å². The van der Waals surface area contributed by atoms with Gasteiger partial charge in [-0.15, -0.1) is 0 Å². The second kappa shape index (κ2) is 7.47. The molecule has 1 aliphatic heterocycles. The summed E-state index contributed by atoms with van der Waals surface area (Å²) in [6.45, 7) is -0.471. The molecule has 0 aromatic carbocycles. The zero-order chi connectivity index (χ0) is 15.8. The first-order valence-electron chi connectivity index (χ1n) is 5.52. The number of hydrogen-bond acceptors (Lipinski definition) is 7. The summed E-state index contributed by atoms with van der Waals surface area (Å²) in [7, 11) is 0. The fourth-order valence-electron chi connectivity index (χ4n) is 1.30. The summed E-state index contributed by atoms with van der Waals surface area (Å²) < 4.78 is 18.3. The van der Waals surface area contributed by atoms with Crippen LogP contribution in [0.3, 0.4) is 0 Å². The number of ether oxygens (including phenoxy) is 1. The van der Waals surface area contributed by atoms with Gasteiger partial charge in [0.05, 0.1) is 6.42 Å². The Morgan fingerprint density at radius 2 is 2.05 bits per heavy atom. The third-order valence-corrected chi connectivity index (χ3v) is 2.29. The van der Waals surface area contributed by atoms with Gasteiger partial charge in [0.15, 0.2) is 41.8 Å². The molecule has 9 heteroatoms. The maximum atomic E-state index is 13.4. The van der Waals surface area contributed by atoms with Crippen molar-refractivity contribution in [2.45, 2.75) is 12.8 Å². The molecule has 0 bridgehead atoms. The van der Waals surface area contributed by atoms with E-state index in [0.717, 1.165) is 11.1 Å². The first-order chi connectivity index (χ1) is 10.0. The van der Waals surface area contributed by atoms with Crippen LogP contribution in [0.1, 0.15) is 12.8 Å². The number of halogens is 1. The van der Waals surface area contributed by atoms with Crippen LogP contribution in [-0.2, 0) is 23.9 Å². The average Bonchev–Trinajstić information content (AvgIpc) is 2.47. The first kappa shape index (κ1) is 15.9. The van der Waals surface area contributed by atoms with E-state index in [1.54, 1.807) is 0 Å². The first-order valence-corrected chi connectivity index (χ1v) is 5.52. The molecular weight excluding hydrogens is 287 g/mol. The summed E-state index contributed by atoms with van der Waals surface area (Å²) in [5.74, 6) is 1.34. The molecule has 0 amide bonds. The minimum absolute atomic E-state index is 0.202. The van der Waals surface area contributed by atoms with E-state index in [1.807, 2.05) is 0 Å². The van der Waals surface area contributed by atoms with Gasteiger partial charge in [-0.3, -0.25) is 9.69 Å². The second-order valence-corrected chi connectivity index (χ2v) is 3.69. The Kier molecular flexibility index (Phi) is 5.67. The van der Waals surface area contributed by atoms with Gasteiger partial charge in [0, 0.05) is 12.6 Å². The number of aliphatic carboxylic acids is 1. The average molecular weight is 296 g/mol. The van der Waals surface area contributed by atoms with Crippen LogP contribution in [0.2, 0.25) is 0 Å². The van der Waals surface area contributed by atoms with Gasteiger partial charge in [-0.05, 0) is 0 Å². The van der Waals surface area contributed by atoms with Crippen LogP contribution in [0, 0.1) is 0 Å². The summed E-state index contributed by atoms with van der Waals surface area (Å²) in [5.41, 5.74) is -0.568. The summed E-state index contributed by atoms with van der Waals surface area (Å²) in [6.07, 6.45) is 0.226. The number of rotatable bonds is 6. The van der Waals surface area contributed by atoms with Crippen LogP contribution in [0.15, 0.2) is 29.3 Å². The normalized spacial score (nSPS) is 13.4. The smallest absolute Gasteiger partial charge is 0.303 e. The number of nitrogens with one attached hydrogen (secondary N) is 1. The minimum atomic E-state index is -1.13. The Labute approximate surface area is 117 Å². The van der Waals surface area contributed by atoms with Gasteiger partial charge in [0.1, 0.15) is 0 Å². The maximum absolute atomic E-state index is 13.4. The van der Waals surface area contributed by atoms with E-state index in [9.17, 15) is 23.6 Å². The third-order valence-electron chi connectivity index (χ3n) is 2.29. The molecule has 0 fully saturated rings. The zero-order valence-corrected chi connectivity index (χ0v) is 10.5. The van der Waals surface area contributed by atoms with Gasteiger partial charge in [-0.25, -0.2) is 18.8 Å². The van der Waals surface area contributed by atoms with Crippen LogP contribution in [0.4, 0.5) is 4.39 Å². The number of carboxylic acid groups (broad SMARTS) is 1. The van der Waals surface area contributed by atoms with Crippen LogP contribution < -0.4 is 5.32 Å². The Morgan fingerprint density at radius 3 is 2.57 bits per heavy atom. The largest absolute Gasteiger partial charge is 0.481 e. The molecule has 1 aliphatic rings. The summed E-state index contributed by atoms with van der Waals surface area (Å²) in [4.78, 5) is 42.9. The van der Waals surface area contributed by atoms with E-state index in [4.69, 9.17) is 9.84 Å². The van der Waals surface area contributed by atoms with Crippen molar-refractivity contribution in [3.63, 3.8) is 0 Å². The van der Waals surface area contributed by atoms with E-state index in [0.29, 0.717) is 0 Å². The van der Waals surface area contributed by atoms with Crippen molar-refractivity contribution in [1.29, 1.82) is 0 Å². The lowest BCUT2D eigenvalue weighted by Crippen LogP contribution is -2.34. The molecule has 0 radical (unpaired) electrons. The summed E-state index contributed by atoms with van der Waals surface area (Å²) in [6, 6.07) is 0. The Bertz CT molecular complexity index is 622. The van der Waals surface area contributed by atoms with Crippen molar-refractivity contribution < 1.29 is 33.4 Å². The van der Waals surface area contributed by atoms with E-state index in [1.165, 1.54) is 17.8 Å². The maximum Gasteiger partial charge on any atom is 0.303 e. The fraction of sp³-hybridized carbons (Fsp3) is 0.250. The summed E-state index contributed by atoms with van der Waals surface area (Å²) in [5, 5.41) is 10.6. The molecule has 0 unspecified atom stereocenters. The van der Waals surface area contributed by atoms with Gasteiger partial charge < -0.3 is 15.2 Å². The molecule has 0 spiro atoms. The van der Waals surface area contributed by atoms with Crippen LogP contribution in [0.5, 0.6) is 0 Å². The van der Waals surface area contributed by atoms with Crippen molar-refractivity contribution in [2.24, 2.45) is 0 Å². The second-order valence-electron chi connectivity index (χ2n) is 3.69. The zero-order valence-electron chi connectivity index (χ0n) is 10.5. The number of hydrogen-bond donors (Lipinski definition) is 2. The van der Waals surface area contributed by atoms with Gasteiger partial charge in [-0.1, -0.05) is 0 Å². The van der Waals surface area contributed by atoms with Crippen molar-refractivity contribution in [2.75, 3.05) is 6.73 Å². The number of carboxylic acids is 1. The molecule has 0 aromatic heterocycles. The number of nitrogens with zero attached hydrogens (tertiary/aromatic N) is 1.